The molecule has 1 aromatic carbocycles. The number of rotatable bonds is 5. The standard InChI is InChI=1S/C12H12O4/c1-3-6-16-12(14)10-7-9(8-13)4-5-11(10)15-2/h3-5,7-8H,1,6H2,2H3. The van der Waals surface area contributed by atoms with E-state index < -0.39 is 5.97 Å². The fraction of sp³-hybridized carbons (Fsp3) is 0.167. The van der Waals surface area contributed by atoms with E-state index in [1.54, 1.807) is 12.1 Å². The van der Waals surface area contributed by atoms with Gasteiger partial charge in [0.05, 0.1) is 7.11 Å². The number of benzene rings is 1. The first kappa shape index (κ1) is 12.0. The van der Waals surface area contributed by atoms with Crippen LogP contribution >= 0.6 is 0 Å². The lowest BCUT2D eigenvalue weighted by Gasteiger charge is -2.07. The van der Waals surface area contributed by atoms with Crippen molar-refractivity contribution in [2.75, 3.05) is 13.7 Å². The monoisotopic (exact) mass is 220 g/mol. The number of hydrogen-bond donors (Lipinski definition) is 0. The molecule has 0 aliphatic heterocycles. The van der Waals surface area contributed by atoms with Crippen molar-refractivity contribution >= 4 is 12.3 Å². The molecule has 0 bridgehead atoms. The minimum absolute atomic E-state index is 0.118. The Labute approximate surface area is 93.5 Å². The fourth-order valence-corrected chi connectivity index (χ4v) is 1.17. The molecule has 0 amide bonds. The normalized spacial score (nSPS) is 9.31. The number of hydrogen-bond acceptors (Lipinski definition) is 4. The number of ether oxygens (including phenoxy) is 2. The van der Waals surface area contributed by atoms with Crippen molar-refractivity contribution in [1.29, 1.82) is 0 Å². The van der Waals surface area contributed by atoms with Crippen LogP contribution in [0.3, 0.4) is 0 Å². The van der Waals surface area contributed by atoms with E-state index in [4.69, 9.17) is 9.47 Å². The van der Waals surface area contributed by atoms with Crippen LogP contribution in [0.4, 0.5) is 0 Å². The molecule has 16 heavy (non-hydrogen) atoms. The SMILES string of the molecule is C=CCOC(=O)c1cc(C=O)ccc1OC. The summed E-state index contributed by atoms with van der Waals surface area (Å²) in [5.74, 6) is -0.167. The molecule has 1 aromatic rings. The van der Waals surface area contributed by atoms with Crippen LogP contribution in [0.15, 0.2) is 30.9 Å². The van der Waals surface area contributed by atoms with Crippen LogP contribution < -0.4 is 4.74 Å². The maximum Gasteiger partial charge on any atom is 0.342 e. The van der Waals surface area contributed by atoms with Gasteiger partial charge in [0.15, 0.2) is 0 Å². The molecule has 0 saturated carbocycles. The molecule has 0 aliphatic carbocycles. The second kappa shape index (κ2) is 5.70. The summed E-state index contributed by atoms with van der Waals surface area (Å²) in [5.41, 5.74) is 0.625. The molecule has 0 atom stereocenters. The number of esters is 1. The van der Waals surface area contributed by atoms with Gasteiger partial charge in [-0.05, 0) is 18.2 Å². The second-order valence-electron chi connectivity index (χ2n) is 2.96. The van der Waals surface area contributed by atoms with Gasteiger partial charge in [-0.2, -0.15) is 0 Å². The quantitative estimate of drug-likeness (QED) is 0.431. The Hall–Kier alpha value is -2.10. The number of aldehydes is 1. The minimum atomic E-state index is -0.541. The molecule has 0 fully saturated rings. The molecular formula is C12H12O4. The maximum atomic E-state index is 11.6. The van der Waals surface area contributed by atoms with Gasteiger partial charge in [-0.1, -0.05) is 12.7 Å². The fourth-order valence-electron chi connectivity index (χ4n) is 1.17. The Balaban J connectivity index is 3.02. The van der Waals surface area contributed by atoms with Crippen molar-refractivity contribution in [2.45, 2.75) is 0 Å². The molecule has 1 rings (SSSR count). The summed E-state index contributed by atoms with van der Waals surface area (Å²) in [7, 11) is 1.44. The van der Waals surface area contributed by atoms with Crippen LogP contribution in [0.25, 0.3) is 0 Å². The first-order valence-corrected chi connectivity index (χ1v) is 4.64. The molecule has 0 spiro atoms. The van der Waals surface area contributed by atoms with Gasteiger partial charge in [0.25, 0.3) is 0 Å². The van der Waals surface area contributed by atoms with E-state index in [2.05, 4.69) is 6.58 Å². The molecule has 0 aliphatic rings. The number of carbonyl (C=O) groups is 2. The Bertz CT molecular complexity index is 409. The molecule has 0 radical (unpaired) electrons. The van der Waals surface area contributed by atoms with Gasteiger partial charge >= 0.3 is 5.97 Å². The average molecular weight is 220 g/mol. The molecule has 0 N–H and O–H groups in total. The predicted molar refractivity (Wildman–Crippen MR) is 58.9 cm³/mol. The smallest absolute Gasteiger partial charge is 0.342 e. The lowest BCUT2D eigenvalue weighted by molar-refractivity contribution is 0.0546. The highest BCUT2D eigenvalue weighted by atomic mass is 16.5. The Kier molecular flexibility index (Phi) is 4.27. The van der Waals surface area contributed by atoms with E-state index in [1.165, 1.54) is 19.3 Å². The van der Waals surface area contributed by atoms with Crippen molar-refractivity contribution in [3.63, 3.8) is 0 Å². The van der Waals surface area contributed by atoms with E-state index in [1.807, 2.05) is 0 Å². The van der Waals surface area contributed by atoms with Gasteiger partial charge in [-0.25, -0.2) is 4.79 Å². The third-order valence-electron chi connectivity index (χ3n) is 1.91. The molecule has 0 unspecified atom stereocenters. The zero-order chi connectivity index (χ0) is 12.0. The van der Waals surface area contributed by atoms with Crippen LogP contribution in [-0.4, -0.2) is 26.0 Å². The summed E-state index contributed by atoms with van der Waals surface area (Å²) in [5, 5.41) is 0. The van der Waals surface area contributed by atoms with Crippen molar-refractivity contribution in [3.8, 4) is 5.75 Å². The van der Waals surface area contributed by atoms with Crippen LogP contribution in [0, 0.1) is 0 Å². The third-order valence-corrected chi connectivity index (χ3v) is 1.91. The van der Waals surface area contributed by atoms with Gasteiger partial charge in [-0.15, -0.1) is 0 Å². The topological polar surface area (TPSA) is 52.6 Å². The molecule has 4 heteroatoms. The third kappa shape index (κ3) is 2.70. The van der Waals surface area contributed by atoms with Crippen molar-refractivity contribution in [2.24, 2.45) is 0 Å². The van der Waals surface area contributed by atoms with E-state index in [0.29, 0.717) is 17.6 Å². The molecule has 0 heterocycles. The van der Waals surface area contributed by atoms with Gasteiger partial charge in [0.2, 0.25) is 0 Å². The van der Waals surface area contributed by atoms with Crippen molar-refractivity contribution in [3.05, 3.63) is 42.0 Å². The van der Waals surface area contributed by atoms with Crippen LogP contribution in [0.5, 0.6) is 5.75 Å². The Morgan fingerprint density at radius 2 is 2.25 bits per heavy atom. The zero-order valence-electron chi connectivity index (χ0n) is 8.93. The van der Waals surface area contributed by atoms with Gasteiger partial charge in [0, 0.05) is 5.56 Å². The summed E-state index contributed by atoms with van der Waals surface area (Å²) in [6.07, 6.45) is 2.12. The molecule has 0 saturated heterocycles. The molecular weight excluding hydrogens is 208 g/mol. The van der Waals surface area contributed by atoms with E-state index in [9.17, 15) is 9.59 Å². The molecule has 4 nitrogen and oxygen atoms in total. The van der Waals surface area contributed by atoms with E-state index >= 15 is 0 Å². The summed E-state index contributed by atoms with van der Waals surface area (Å²) in [6.45, 7) is 3.56. The summed E-state index contributed by atoms with van der Waals surface area (Å²) < 4.78 is 9.87. The maximum absolute atomic E-state index is 11.6. The van der Waals surface area contributed by atoms with Crippen LogP contribution in [0.2, 0.25) is 0 Å². The molecule has 0 aromatic heterocycles. The van der Waals surface area contributed by atoms with Crippen molar-refractivity contribution in [1.82, 2.24) is 0 Å². The average Bonchev–Trinajstić information content (AvgIpc) is 2.35. The summed E-state index contributed by atoms with van der Waals surface area (Å²) in [4.78, 5) is 22.2. The lowest BCUT2D eigenvalue weighted by atomic mass is 10.1. The minimum Gasteiger partial charge on any atom is -0.496 e. The molecule has 84 valence electrons. The summed E-state index contributed by atoms with van der Waals surface area (Å²) >= 11 is 0. The van der Waals surface area contributed by atoms with Crippen molar-refractivity contribution < 1.29 is 19.1 Å². The van der Waals surface area contributed by atoms with Gasteiger partial charge < -0.3 is 9.47 Å². The second-order valence-corrected chi connectivity index (χ2v) is 2.96. The van der Waals surface area contributed by atoms with Crippen LogP contribution in [0.1, 0.15) is 20.7 Å². The highest BCUT2D eigenvalue weighted by Gasteiger charge is 2.13. The number of carbonyl (C=O) groups excluding carboxylic acids is 2. The van der Waals surface area contributed by atoms with Gasteiger partial charge in [0.1, 0.15) is 24.2 Å². The lowest BCUT2D eigenvalue weighted by Crippen LogP contribution is -2.07. The highest BCUT2D eigenvalue weighted by Crippen LogP contribution is 2.20. The van der Waals surface area contributed by atoms with Crippen LogP contribution in [-0.2, 0) is 4.74 Å². The first-order chi connectivity index (χ1) is 7.72. The van der Waals surface area contributed by atoms with Gasteiger partial charge in [-0.3, -0.25) is 4.79 Å². The first-order valence-electron chi connectivity index (χ1n) is 4.64. The highest BCUT2D eigenvalue weighted by molar-refractivity contribution is 5.94. The Morgan fingerprint density at radius 1 is 1.50 bits per heavy atom. The number of methoxy groups -OCH3 is 1. The summed E-state index contributed by atoms with van der Waals surface area (Å²) in [6, 6.07) is 4.54. The zero-order valence-corrected chi connectivity index (χ0v) is 8.93. The largest absolute Gasteiger partial charge is 0.496 e. The Morgan fingerprint density at radius 3 is 2.81 bits per heavy atom. The van der Waals surface area contributed by atoms with E-state index in [-0.39, 0.29) is 12.2 Å². The predicted octanol–water partition coefficient (Wildman–Crippen LogP) is 1.85. The van der Waals surface area contributed by atoms with E-state index in [0.717, 1.165) is 0 Å².